The third-order valence-electron chi connectivity index (χ3n) is 3.73. The van der Waals surface area contributed by atoms with Gasteiger partial charge >= 0.3 is 0 Å². The van der Waals surface area contributed by atoms with Gasteiger partial charge in [0.05, 0.1) is 5.69 Å². The van der Waals surface area contributed by atoms with E-state index in [1.54, 1.807) is 11.8 Å². The lowest BCUT2D eigenvalue weighted by atomic mass is 10.1. The first-order valence-electron chi connectivity index (χ1n) is 7.84. The Kier molecular flexibility index (Phi) is 5.02. The molecule has 1 N–H and O–H groups in total. The summed E-state index contributed by atoms with van der Waals surface area (Å²) < 4.78 is 0. The molecule has 0 aromatic heterocycles. The minimum absolute atomic E-state index is 0.0754. The van der Waals surface area contributed by atoms with Crippen LogP contribution in [0.4, 0.5) is 5.69 Å². The molecule has 0 bridgehead atoms. The van der Waals surface area contributed by atoms with E-state index < -0.39 is 0 Å². The summed E-state index contributed by atoms with van der Waals surface area (Å²) in [6, 6.07) is 23.9. The number of carbonyl (C=O) groups is 1. The second-order valence-electron chi connectivity index (χ2n) is 5.68. The summed E-state index contributed by atoms with van der Waals surface area (Å²) in [6.45, 7) is 3.99. The number of nitrogens with one attached hydrogen (secondary N) is 1. The van der Waals surface area contributed by atoms with Crippen LogP contribution in [0, 0.1) is 13.8 Å². The van der Waals surface area contributed by atoms with E-state index in [2.05, 4.69) is 17.4 Å². The molecule has 3 rings (SSSR count). The van der Waals surface area contributed by atoms with Gasteiger partial charge in [-0.2, -0.15) is 0 Å². The van der Waals surface area contributed by atoms with Crippen molar-refractivity contribution in [3.05, 3.63) is 89.5 Å². The van der Waals surface area contributed by atoms with Crippen molar-refractivity contribution < 1.29 is 4.79 Å². The fraction of sp³-hybridized carbons (Fsp3) is 0.0952. The molecule has 0 spiro atoms. The SMILES string of the molecule is Cc1ccc(C(=O)Nc2ccccc2Sc2ccccc2)c(C)c1. The summed E-state index contributed by atoms with van der Waals surface area (Å²) in [7, 11) is 0. The highest BCUT2D eigenvalue weighted by Gasteiger charge is 2.12. The lowest BCUT2D eigenvalue weighted by molar-refractivity contribution is 0.102. The molecule has 0 aliphatic rings. The summed E-state index contributed by atoms with van der Waals surface area (Å²) in [5, 5.41) is 3.05. The van der Waals surface area contributed by atoms with Gasteiger partial charge in [0.25, 0.3) is 5.91 Å². The van der Waals surface area contributed by atoms with E-state index in [1.165, 1.54) is 0 Å². The van der Waals surface area contributed by atoms with E-state index in [9.17, 15) is 4.79 Å². The van der Waals surface area contributed by atoms with Crippen LogP contribution in [0.5, 0.6) is 0 Å². The van der Waals surface area contributed by atoms with E-state index in [1.807, 2.05) is 74.5 Å². The second-order valence-corrected chi connectivity index (χ2v) is 6.80. The van der Waals surface area contributed by atoms with Crippen LogP contribution in [0.3, 0.4) is 0 Å². The van der Waals surface area contributed by atoms with Gasteiger partial charge in [0, 0.05) is 15.4 Å². The van der Waals surface area contributed by atoms with Crippen molar-refractivity contribution in [3.8, 4) is 0 Å². The van der Waals surface area contributed by atoms with E-state index in [0.717, 1.165) is 26.6 Å². The van der Waals surface area contributed by atoms with Gasteiger partial charge in [-0.15, -0.1) is 0 Å². The molecule has 3 aromatic carbocycles. The van der Waals surface area contributed by atoms with Crippen LogP contribution in [-0.4, -0.2) is 5.91 Å². The zero-order valence-corrected chi connectivity index (χ0v) is 14.6. The van der Waals surface area contributed by atoms with Crippen molar-refractivity contribution in [2.45, 2.75) is 23.6 Å². The maximum absolute atomic E-state index is 12.6. The van der Waals surface area contributed by atoms with Gasteiger partial charge in [0.1, 0.15) is 0 Å². The molecule has 0 radical (unpaired) electrons. The topological polar surface area (TPSA) is 29.1 Å². The number of anilines is 1. The minimum Gasteiger partial charge on any atom is -0.321 e. The van der Waals surface area contributed by atoms with Crippen LogP contribution < -0.4 is 5.32 Å². The molecule has 0 aliphatic carbocycles. The van der Waals surface area contributed by atoms with Gasteiger partial charge in [-0.1, -0.05) is 59.8 Å². The Morgan fingerprint density at radius 3 is 2.33 bits per heavy atom. The molecule has 24 heavy (non-hydrogen) atoms. The lowest BCUT2D eigenvalue weighted by Gasteiger charge is -2.12. The van der Waals surface area contributed by atoms with Crippen LogP contribution in [0.1, 0.15) is 21.5 Å². The van der Waals surface area contributed by atoms with Crippen LogP contribution in [0.2, 0.25) is 0 Å². The smallest absolute Gasteiger partial charge is 0.255 e. The standard InChI is InChI=1S/C21H19NOS/c1-15-12-13-18(16(2)14-15)21(23)22-19-10-6-7-11-20(19)24-17-8-4-3-5-9-17/h3-14H,1-2H3,(H,22,23). The summed E-state index contributed by atoms with van der Waals surface area (Å²) in [5.41, 5.74) is 3.68. The number of hydrogen-bond acceptors (Lipinski definition) is 2. The number of aryl methyl sites for hydroxylation is 2. The number of para-hydroxylation sites is 1. The van der Waals surface area contributed by atoms with Gasteiger partial charge in [-0.25, -0.2) is 0 Å². The molecular formula is C21H19NOS. The molecule has 0 atom stereocenters. The summed E-state index contributed by atoms with van der Waals surface area (Å²) >= 11 is 1.64. The first-order valence-corrected chi connectivity index (χ1v) is 8.65. The molecule has 0 aliphatic heterocycles. The maximum Gasteiger partial charge on any atom is 0.255 e. The average molecular weight is 333 g/mol. The second kappa shape index (κ2) is 7.37. The molecule has 0 fully saturated rings. The Morgan fingerprint density at radius 2 is 1.58 bits per heavy atom. The fourth-order valence-electron chi connectivity index (χ4n) is 2.53. The molecule has 3 aromatic rings. The molecular weight excluding hydrogens is 314 g/mol. The molecule has 1 amide bonds. The molecule has 3 heteroatoms. The third-order valence-corrected chi connectivity index (χ3v) is 4.82. The lowest BCUT2D eigenvalue weighted by Crippen LogP contribution is -2.14. The van der Waals surface area contributed by atoms with Gasteiger partial charge in [0.15, 0.2) is 0 Å². The van der Waals surface area contributed by atoms with Gasteiger partial charge in [0.2, 0.25) is 0 Å². The van der Waals surface area contributed by atoms with Gasteiger partial charge in [-0.3, -0.25) is 4.79 Å². The third kappa shape index (κ3) is 3.87. The molecule has 0 saturated heterocycles. The Balaban J connectivity index is 1.84. The Hall–Kier alpha value is -2.52. The molecule has 2 nitrogen and oxygen atoms in total. The van der Waals surface area contributed by atoms with Crippen LogP contribution >= 0.6 is 11.8 Å². The monoisotopic (exact) mass is 333 g/mol. The molecule has 120 valence electrons. The quantitative estimate of drug-likeness (QED) is 0.663. The number of rotatable bonds is 4. The molecule has 0 unspecified atom stereocenters. The van der Waals surface area contributed by atoms with E-state index in [-0.39, 0.29) is 5.91 Å². The number of amides is 1. The van der Waals surface area contributed by atoms with E-state index >= 15 is 0 Å². The van der Waals surface area contributed by atoms with Crippen LogP contribution in [0.15, 0.2) is 82.6 Å². The van der Waals surface area contributed by atoms with E-state index in [4.69, 9.17) is 0 Å². The van der Waals surface area contributed by atoms with Crippen molar-refractivity contribution in [2.75, 3.05) is 5.32 Å². The van der Waals surface area contributed by atoms with Crippen LogP contribution in [-0.2, 0) is 0 Å². The summed E-state index contributed by atoms with van der Waals surface area (Å²) in [6.07, 6.45) is 0. The van der Waals surface area contributed by atoms with Crippen molar-refractivity contribution in [3.63, 3.8) is 0 Å². The highest BCUT2D eigenvalue weighted by molar-refractivity contribution is 7.99. The number of hydrogen-bond donors (Lipinski definition) is 1. The van der Waals surface area contributed by atoms with E-state index in [0.29, 0.717) is 5.56 Å². The maximum atomic E-state index is 12.6. The first-order chi connectivity index (χ1) is 11.6. The van der Waals surface area contributed by atoms with Crippen molar-refractivity contribution >= 4 is 23.4 Å². The predicted molar refractivity (Wildman–Crippen MR) is 101 cm³/mol. The number of benzene rings is 3. The zero-order valence-electron chi connectivity index (χ0n) is 13.7. The Bertz CT molecular complexity index is 859. The highest BCUT2D eigenvalue weighted by atomic mass is 32.2. The Morgan fingerprint density at radius 1 is 0.875 bits per heavy atom. The van der Waals surface area contributed by atoms with Crippen molar-refractivity contribution in [2.24, 2.45) is 0 Å². The summed E-state index contributed by atoms with van der Waals surface area (Å²) in [4.78, 5) is 14.8. The van der Waals surface area contributed by atoms with Crippen molar-refractivity contribution in [1.82, 2.24) is 0 Å². The largest absolute Gasteiger partial charge is 0.321 e. The Labute approximate surface area is 146 Å². The average Bonchev–Trinajstić information content (AvgIpc) is 2.57. The minimum atomic E-state index is -0.0754. The molecule has 0 saturated carbocycles. The van der Waals surface area contributed by atoms with Gasteiger partial charge in [-0.05, 0) is 49.7 Å². The van der Waals surface area contributed by atoms with Gasteiger partial charge < -0.3 is 5.32 Å². The number of carbonyl (C=O) groups excluding carboxylic acids is 1. The first kappa shape index (κ1) is 16.3. The van der Waals surface area contributed by atoms with Crippen LogP contribution in [0.25, 0.3) is 0 Å². The summed E-state index contributed by atoms with van der Waals surface area (Å²) in [5.74, 6) is -0.0754. The predicted octanol–water partition coefficient (Wildman–Crippen LogP) is 5.71. The van der Waals surface area contributed by atoms with Crippen molar-refractivity contribution in [1.29, 1.82) is 0 Å². The normalized spacial score (nSPS) is 10.4. The fourth-order valence-corrected chi connectivity index (χ4v) is 3.46. The highest BCUT2D eigenvalue weighted by Crippen LogP contribution is 2.33. The molecule has 0 heterocycles. The zero-order chi connectivity index (χ0) is 16.9.